The van der Waals surface area contributed by atoms with Crippen LogP contribution in [0.3, 0.4) is 0 Å². The first-order valence-corrected chi connectivity index (χ1v) is 7.52. The summed E-state index contributed by atoms with van der Waals surface area (Å²) in [6.45, 7) is 6.07. The molecule has 2 heteroatoms. The van der Waals surface area contributed by atoms with Crippen molar-refractivity contribution in [3.05, 3.63) is 28.8 Å². The molecule has 2 rings (SSSR count). The van der Waals surface area contributed by atoms with E-state index >= 15 is 0 Å². The minimum Gasteiger partial charge on any atom is -0.426 e. The number of benzene rings is 1. The number of carbonyl (C=O) groups excluding carboxylic acids is 1. The van der Waals surface area contributed by atoms with E-state index in [0.29, 0.717) is 0 Å². The molecular formula is C17H24O2. The predicted molar refractivity (Wildman–Crippen MR) is 77.6 cm³/mol. The van der Waals surface area contributed by atoms with Crippen molar-refractivity contribution in [3.8, 4) is 5.75 Å². The normalized spacial score (nSPS) is 15.7. The molecule has 0 saturated heterocycles. The molecule has 0 saturated carbocycles. The van der Waals surface area contributed by atoms with Gasteiger partial charge in [0.2, 0.25) is 0 Å². The SMILES string of the molecule is CCc1ccc2c(c1OC(=O)C(C)CC)CCCC2. The van der Waals surface area contributed by atoms with Crippen molar-refractivity contribution < 1.29 is 9.53 Å². The second-order valence-electron chi connectivity index (χ2n) is 5.48. The van der Waals surface area contributed by atoms with E-state index in [9.17, 15) is 4.79 Å². The van der Waals surface area contributed by atoms with Crippen molar-refractivity contribution in [3.63, 3.8) is 0 Å². The lowest BCUT2D eigenvalue weighted by molar-refractivity contribution is -0.138. The minimum atomic E-state index is -0.0869. The molecule has 0 radical (unpaired) electrons. The lowest BCUT2D eigenvalue weighted by atomic mass is 9.89. The Bertz CT molecular complexity index is 463. The smallest absolute Gasteiger partial charge is 0.314 e. The highest BCUT2D eigenvalue weighted by molar-refractivity contribution is 5.75. The summed E-state index contributed by atoms with van der Waals surface area (Å²) in [6.07, 6.45) is 6.36. The van der Waals surface area contributed by atoms with Crippen LogP contribution >= 0.6 is 0 Å². The van der Waals surface area contributed by atoms with Crippen molar-refractivity contribution in [2.45, 2.75) is 59.3 Å². The number of hydrogen-bond donors (Lipinski definition) is 0. The summed E-state index contributed by atoms with van der Waals surface area (Å²) in [7, 11) is 0. The van der Waals surface area contributed by atoms with Gasteiger partial charge in [0.25, 0.3) is 0 Å². The zero-order valence-corrected chi connectivity index (χ0v) is 12.3. The molecule has 1 aromatic rings. The van der Waals surface area contributed by atoms with Crippen LogP contribution in [0.15, 0.2) is 12.1 Å². The molecule has 0 aliphatic heterocycles. The standard InChI is InChI=1S/C17H24O2/c1-4-12(3)17(18)19-16-13(5-2)10-11-14-8-6-7-9-15(14)16/h10-12H,4-9H2,1-3H3. The van der Waals surface area contributed by atoms with Gasteiger partial charge in [0, 0.05) is 0 Å². The summed E-state index contributed by atoms with van der Waals surface area (Å²) in [6, 6.07) is 4.34. The number of aryl methyl sites for hydroxylation is 2. The third kappa shape index (κ3) is 2.99. The van der Waals surface area contributed by atoms with Gasteiger partial charge in [-0.05, 0) is 55.2 Å². The Hall–Kier alpha value is -1.31. The number of fused-ring (bicyclic) bond motifs is 1. The van der Waals surface area contributed by atoms with Crippen molar-refractivity contribution >= 4 is 5.97 Å². The molecule has 104 valence electrons. The minimum absolute atomic E-state index is 0.0239. The first kappa shape index (κ1) is 14.1. The van der Waals surface area contributed by atoms with Gasteiger partial charge in [-0.3, -0.25) is 4.79 Å². The third-order valence-electron chi connectivity index (χ3n) is 4.16. The quantitative estimate of drug-likeness (QED) is 0.602. The monoisotopic (exact) mass is 260 g/mol. The Balaban J connectivity index is 2.33. The summed E-state index contributed by atoms with van der Waals surface area (Å²) in [5.74, 6) is 0.755. The fraction of sp³-hybridized carbons (Fsp3) is 0.588. The molecule has 1 aromatic carbocycles. The summed E-state index contributed by atoms with van der Waals surface area (Å²) in [4.78, 5) is 12.1. The summed E-state index contributed by atoms with van der Waals surface area (Å²) in [5.41, 5.74) is 3.81. The van der Waals surface area contributed by atoms with E-state index in [1.54, 1.807) is 0 Å². The summed E-state index contributed by atoms with van der Waals surface area (Å²) >= 11 is 0. The molecule has 1 aliphatic rings. The van der Waals surface area contributed by atoms with Crippen molar-refractivity contribution in [1.29, 1.82) is 0 Å². The topological polar surface area (TPSA) is 26.3 Å². The van der Waals surface area contributed by atoms with E-state index in [1.807, 2.05) is 13.8 Å². The van der Waals surface area contributed by atoms with Crippen molar-refractivity contribution in [2.24, 2.45) is 5.92 Å². The summed E-state index contributed by atoms with van der Waals surface area (Å²) in [5, 5.41) is 0. The number of carbonyl (C=O) groups is 1. The third-order valence-corrected chi connectivity index (χ3v) is 4.16. The maximum Gasteiger partial charge on any atom is 0.314 e. The molecule has 1 unspecified atom stereocenters. The number of ether oxygens (including phenoxy) is 1. The van der Waals surface area contributed by atoms with Gasteiger partial charge in [-0.15, -0.1) is 0 Å². The van der Waals surface area contributed by atoms with Crippen LogP contribution in [0.5, 0.6) is 5.75 Å². The highest BCUT2D eigenvalue weighted by atomic mass is 16.5. The number of rotatable bonds is 4. The van der Waals surface area contributed by atoms with Crippen LogP contribution in [0.2, 0.25) is 0 Å². The Morgan fingerprint density at radius 2 is 2.00 bits per heavy atom. The Labute approximate surface area is 116 Å². The maximum absolute atomic E-state index is 12.1. The molecule has 1 atom stereocenters. The van der Waals surface area contributed by atoms with Crippen LogP contribution in [0.25, 0.3) is 0 Å². The number of hydrogen-bond acceptors (Lipinski definition) is 2. The number of esters is 1. The molecule has 0 heterocycles. The molecule has 0 spiro atoms. The first-order chi connectivity index (χ1) is 9.17. The van der Waals surface area contributed by atoms with Crippen molar-refractivity contribution in [1.82, 2.24) is 0 Å². The fourth-order valence-corrected chi connectivity index (χ4v) is 2.62. The fourth-order valence-electron chi connectivity index (χ4n) is 2.62. The Kier molecular flexibility index (Phi) is 4.62. The van der Waals surface area contributed by atoms with Gasteiger partial charge >= 0.3 is 5.97 Å². The average Bonchev–Trinajstić information content (AvgIpc) is 2.46. The van der Waals surface area contributed by atoms with Gasteiger partial charge in [0.05, 0.1) is 5.92 Å². The highest BCUT2D eigenvalue weighted by Crippen LogP contribution is 2.33. The van der Waals surface area contributed by atoms with E-state index in [4.69, 9.17) is 4.74 Å². The van der Waals surface area contributed by atoms with E-state index in [1.165, 1.54) is 24.0 Å². The molecule has 0 aromatic heterocycles. The van der Waals surface area contributed by atoms with Crippen LogP contribution < -0.4 is 4.74 Å². The molecule has 2 nitrogen and oxygen atoms in total. The van der Waals surface area contributed by atoms with Crippen LogP contribution in [-0.2, 0) is 24.1 Å². The maximum atomic E-state index is 12.1. The molecule has 0 N–H and O–H groups in total. The second-order valence-corrected chi connectivity index (χ2v) is 5.48. The van der Waals surface area contributed by atoms with Gasteiger partial charge in [-0.2, -0.15) is 0 Å². The molecule has 0 amide bonds. The zero-order chi connectivity index (χ0) is 13.8. The van der Waals surface area contributed by atoms with Gasteiger partial charge in [-0.1, -0.05) is 32.9 Å². The van der Waals surface area contributed by atoms with E-state index in [0.717, 1.165) is 37.0 Å². The lowest BCUT2D eigenvalue weighted by Crippen LogP contribution is -2.19. The average molecular weight is 260 g/mol. The van der Waals surface area contributed by atoms with Gasteiger partial charge in [-0.25, -0.2) is 0 Å². The molecule has 0 bridgehead atoms. The van der Waals surface area contributed by atoms with Gasteiger partial charge < -0.3 is 4.74 Å². The van der Waals surface area contributed by atoms with E-state index in [2.05, 4.69) is 19.1 Å². The Morgan fingerprint density at radius 3 is 2.68 bits per heavy atom. The van der Waals surface area contributed by atoms with Crippen LogP contribution in [0.4, 0.5) is 0 Å². The van der Waals surface area contributed by atoms with Crippen LogP contribution in [-0.4, -0.2) is 5.97 Å². The largest absolute Gasteiger partial charge is 0.426 e. The van der Waals surface area contributed by atoms with Gasteiger partial charge in [0.15, 0.2) is 0 Å². The van der Waals surface area contributed by atoms with Crippen molar-refractivity contribution in [2.75, 3.05) is 0 Å². The lowest BCUT2D eigenvalue weighted by Gasteiger charge is -2.22. The van der Waals surface area contributed by atoms with E-state index in [-0.39, 0.29) is 11.9 Å². The first-order valence-electron chi connectivity index (χ1n) is 7.52. The van der Waals surface area contributed by atoms with Crippen LogP contribution in [0, 0.1) is 5.92 Å². The summed E-state index contributed by atoms with van der Waals surface area (Å²) < 4.78 is 5.75. The molecule has 0 fully saturated rings. The van der Waals surface area contributed by atoms with Gasteiger partial charge in [0.1, 0.15) is 5.75 Å². The molecule has 19 heavy (non-hydrogen) atoms. The Morgan fingerprint density at radius 1 is 1.26 bits per heavy atom. The predicted octanol–water partition coefficient (Wildman–Crippen LogP) is 4.08. The van der Waals surface area contributed by atoms with E-state index < -0.39 is 0 Å². The highest BCUT2D eigenvalue weighted by Gasteiger charge is 2.21. The molecule has 1 aliphatic carbocycles. The van der Waals surface area contributed by atoms with Crippen LogP contribution in [0.1, 0.15) is 56.7 Å². The zero-order valence-electron chi connectivity index (χ0n) is 12.3. The second kappa shape index (κ2) is 6.23. The molecular weight excluding hydrogens is 236 g/mol.